The predicted octanol–water partition coefficient (Wildman–Crippen LogP) is 1.26. The van der Waals surface area contributed by atoms with Crippen LogP contribution in [0.4, 0.5) is 0 Å². The minimum Gasteiger partial charge on any atom is -0.458 e. The van der Waals surface area contributed by atoms with Crippen LogP contribution in [0, 0.1) is 0 Å². The molecule has 0 spiro atoms. The van der Waals surface area contributed by atoms with Crippen molar-refractivity contribution < 1.29 is 9.53 Å². The first-order chi connectivity index (χ1) is 6.18. The lowest BCUT2D eigenvalue weighted by atomic mass is 9.98. The number of hydrogen-bond acceptors (Lipinski definition) is 3. The number of esters is 1. The van der Waals surface area contributed by atoms with Crippen molar-refractivity contribution in [2.75, 3.05) is 20.6 Å². The van der Waals surface area contributed by atoms with Crippen molar-refractivity contribution in [2.45, 2.75) is 38.2 Å². The van der Waals surface area contributed by atoms with Gasteiger partial charge in [0.05, 0.1) is 0 Å². The van der Waals surface area contributed by atoms with Crippen LogP contribution in [-0.4, -0.2) is 32.7 Å². The Morgan fingerprint density at radius 3 is 2.46 bits per heavy atom. The lowest BCUT2D eigenvalue weighted by Gasteiger charge is -2.21. The lowest BCUT2D eigenvalue weighted by molar-refractivity contribution is -0.150. The van der Waals surface area contributed by atoms with E-state index in [-0.39, 0.29) is 12.1 Å². The van der Waals surface area contributed by atoms with Gasteiger partial charge in [-0.2, -0.15) is 4.90 Å². The lowest BCUT2D eigenvalue weighted by Crippen LogP contribution is -2.31. The molecule has 1 saturated carbocycles. The average molecular weight is 185 g/mol. The second-order valence-corrected chi connectivity index (χ2v) is 3.99. The Balaban J connectivity index is 2.18. The quantitative estimate of drug-likeness (QED) is 0.490. The van der Waals surface area contributed by atoms with Crippen LogP contribution in [0.2, 0.25) is 0 Å². The van der Waals surface area contributed by atoms with Crippen molar-refractivity contribution in [3.63, 3.8) is 0 Å². The highest BCUT2D eigenvalue weighted by Gasteiger charge is 2.19. The fourth-order valence-corrected chi connectivity index (χ4v) is 1.66. The second-order valence-electron chi connectivity index (χ2n) is 3.99. The summed E-state index contributed by atoms with van der Waals surface area (Å²) in [6.07, 6.45) is 6.01. The van der Waals surface area contributed by atoms with Crippen molar-refractivity contribution in [3.8, 4) is 0 Å². The molecule has 0 heterocycles. The number of rotatable bonds is 3. The maximum atomic E-state index is 11.3. The molecule has 0 saturated heterocycles. The van der Waals surface area contributed by atoms with E-state index in [1.165, 1.54) is 19.3 Å². The van der Waals surface area contributed by atoms with Crippen LogP contribution < -0.4 is 4.90 Å². The molecule has 0 amide bonds. The van der Waals surface area contributed by atoms with Gasteiger partial charge < -0.3 is 4.74 Å². The molecule has 1 aliphatic rings. The summed E-state index contributed by atoms with van der Waals surface area (Å²) in [5.41, 5.74) is 0. The summed E-state index contributed by atoms with van der Waals surface area (Å²) in [6, 6.07) is 0. The summed E-state index contributed by atoms with van der Waals surface area (Å²) in [5.74, 6) is -0.0862. The third-order valence-electron chi connectivity index (χ3n) is 2.30. The van der Waals surface area contributed by atoms with Crippen LogP contribution >= 0.6 is 0 Å². The zero-order valence-electron chi connectivity index (χ0n) is 8.58. The highest BCUT2D eigenvalue weighted by Crippen LogP contribution is 2.20. The van der Waals surface area contributed by atoms with Gasteiger partial charge in [-0.25, -0.2) is 4.79 Å². The molecule has 3 nitrogen and oxygen atoms in total. The molecule has 1 rings (SSSR count). The van der Waals surface area contributed by atoms with E-state index in [1.54, 1.807) is 0 Å². The Morgan fingerprint density at radius 1 is 1.31 bits per heavy atom. The van der Waals surface area contributed by atoms with E-state index in [2.05, 4.69) is 0 Å². The van der Waals surface area contributed by atoms with Crippen molar-refractivity contribution in [2.24, 2.45) is 0 Å². The summed E-state index contributed by atoms with van der Waals surface area (Å²) in [5, 5.41) is 0. The monoisotopic (exact) mass is 185 g/mol. The Labute approximate surface area is 80.1 Å². The zero-order valence-corrected chi connectivity index (χ0v) is 8.58. The number of carbonyl (C=O) groups is 1. The van der Waals surface area contributed by atoms with E-state index >= 15 is 0 Å². The standard InChI is InChI=1S/C10H19NO2/c1-11(2)8-10(12)13-9-6-4-3-5-7-9/h9H,3-8H2,1-2H3/q+1. The molecule has 1 fully saturated rings. The third kappa shape index (κ3) is 4.27. The third-order valence-corrected chi connectivity index (χ3v) is 2.30. The maximum Gasteiger partial charge on any atom is 0.367 e. The van der Waals surface area contributed by atoms with Gasteiger partial charge in [0.15, 0.2) is 0 Å². The number of likely N-dealkylation sites (N-methyl/N-ethyl adjacent to an activating group) is 1. The second kappa shape index (κ2) is 5.22. The molecule has 0 aromatic carbocycles. The van der Waals surface area contributed by atoms with Crippen LogP contribution in [0.5, 0.6) is 0 Å². The van der Waals surface area contributed by atoms with E-state index in [0.29, 0.717) is 6.54 Å². The van der Waals surface area contributed by atoms with Gasteiger partial charge in [0.2, 0.25) is 6.54 Å². The van der Waals surface area contributed by atoms with Crippen LogP contribution in [0.3, 0.4) is 0 Å². The molecule has 0 unspecified atom stereocenters. The van der Waals surface area contributed by atoms with E-state index in [1.807, 2.05) is 19.0 Å². The maximum absolute atomic E-state index is 11.3. The van der Waals surface area contributed by atoms with Gasteiger partial charge in [0.1, 0.15) is 20.2 Å². The predicted molar refractivity (Wildman–Crippen MR) is 51.8 cm³/mol. The summed E-state index contributed by atoms with van der Waals surface area (Å²) in [7, 11) is 3.75. The van der Waals surface area contributed by atoms with Gasteiger partial charge in [0.25, 0.3) is 0 Å². The fraction of sp³-hybridized carbons (Fsp3) is 0.900. The molecular formula is C10H19NO2+. The van der Waals surface area contributed by atoms with Crippen molar-refractivity contribution in [3.05, 3.63) is 0 Å². The van der Waals surface area contributed by atoms with Crippen LogP contribution in [0.25, 0.3) is 0 Å². The summed E-state index contributed by atoms with van der Waals surface area (Å²) in [4.78, 5) is 13.1. The highest BCUT2D eigenvalue weighted by atomic mass is 16.5. The molecule has 0 aliphatic heterocycles. The molecule has 0 aromatic rings. The van der Waals surface area contributed by atoms with Gasteiger partial charge in [0, 0.05) is 0 Å². The topological polar surface area (TPSA) is 32.2 Å². The number of ether oxygens (including phenoxy) is 1. The molecular weight excluding hydrogens is 166 g/mol. The average Bonchev–Trinajstić information content (AvgIpc) is 2.04. The molecule has 0 atom stereocenters. The van der Waals surface area contributed by atoms with E-state index in [9.17, 15) is 4.79 Å². The highest BCUT2D eigenvalue weighted by molar-refractivity contribution is 5.72. The van der Waals surface area contributed by atoms with Gasteiger partial charge in [-0.15, -0.1) is 0 Å². The Hall–Kier alpha value is -0.570. The van der Waals surface area contributed by atoms with Gasteiger partial charge in [-0.05, 0) is 25.7 Å². The molecule has 13 heavy (non-hydrogen) atoms. The Bertz CT molecular complexity index is 162. The molecule has 0 N–H and O–H groups in total. The van der Waals surface area contributed by atoms with Crippen LogP contribution in [-0.2, 0) is 9.53 Å². The van der Waals surface area contributed by atoms with E-state index < -0.39 is 0 Å². The summed E-state index contributed by atoms with van der Waals surface area (Å²) >= 11 is 0. The normalized spacial score (nSPS) is 19.0. The first-order valence-corrected chi connectivity index (χ1v) is 5.02. The van der Waals surface area contributed by atoms with Crippen molar-refractivity contribution in [1.29, 1.82) is 0 Å². The minimum atomic E-state index is -0.0862. The summed E-state index contributed by atoms with van der Waals surface area (Å²) in [6.45, 7) is 0.399. The molecule has 0 bridgehead atoms. The van der Waals surface area contributed by atoms with E-state index in [4.69, 9.17) is 4.74 Å². The van der Waals surface area contributed by atoms with Crippen LogP contribution in [0.1, 0.15) is 32.1 Å². The SMILES string of the molecule is C[N+](C)CC(=O)OC1CCCCC1. The summed E-state index contributed by atoms with van der Waals surface area (Å²) < 4.78 is 5.32. The molecule has 75 valence electrons. The minimum absolute atomic E-state index is 0.0862. The Kier molecular flexibility index (Phi) is 4.22. The van der Waals surface area contributed by atoms with Gasteiger partial charge >= 0.3 is 5.97 Å². The largest absolute Gasteiger partial charge is 0.458 e. The number of nitrogens with zero attached hydrogens (tertiary/aromatic N) is 1. The van der Waals surface area contributed by atoms with Crippen molar-refractivity contribution >= 4 is 5.97 Å². The van der Waals surface area contributed by atoms with Gasteiger partial charge in [-0.1, -0.05) is 6.42 Å². The Morgan fingerprint density at radius 2 is 1.92 bits per heavy atom. The van der Waals surface area contributed by atoms with Crippen molar-refractivity contribution in [1.82, 2.24) is 4.90 Å². The van der Waals surface area contributed by atoms with Crippen LogP contribution in [0.15, 0.2) is 0 Å². The van der Waals surface area contributed by atoms with E-state index in [0.717, 1.165) is 12.8 Å². The molecule has 3 heteroatoms. The fourth-order valence-electron chi connectivity index (χ4n) is 1.66. The zero-order chi connectivity index (χ0) is 9.68. The number of hydrogen-bond donors (Lipinski definition) is 0. The molecule has 1 radical (unpaired) electrons. The first kappa shape index (κ1) is 10.5. The number of carbonyl (C=O) groups excluding carboxylic acids is 1. The molecule has 0 aromatic heterocycles. The van der Waals surface area contributed by atoms with Gasteiger partial charge in [-0.3, -0.25) is 0 Å². The molecule has 1 aliphatic carbocycles. The smallest absolute Gasteiger partial charge is 0.367 e. The first-order valence-electron chi connectivity index (χ1n) is 5.02.